The van der Waals surface area contributed by atoms with Gasteiger partial charge in [0.25, 0.3) is 0 Å². The highest BCUT2D eigenvalue weighted by Gasteiger charge is 2.79. The van der Waals surface area contributed by atoms with Crippen molar-refractivity contribution >= 4 is 11.8 Å². The topological polar surface area (TPSA) is 119 Å². The third kappa shape index (κ3) is 2.67. The van der Waals surface area contributed by atoms with E-state index in [-0.39, 0.29) is 31.3 Å². The maximum Gasteiger partial charge on any atom is 0.333 e. The summed E-state index contributed by atoms with van der Waals surface area (Å²) in [5.41, 5.74) is -2.65. The van der Waals surface area contributed by atoms with Crippen molar-refractivity contribution in [3.8, 4) is 17.2 Å². The van der Waals surface area contributed by atoms with Crippen LogP contribution in [0.5, 0.6) is 17.2 Å². The predicted octanol–water partition coefficient (Wildman–Crippen LogP) is 2.61. The highest BCUT2D eigenvalue weighted by Crippen LogP contribution is 2.70. The number of benzene rings is 1. The largest absolute Gasteiger partial charge is 0.496 e. The van der Waals surface area contributed by atoms with Crippen LogP contribution in [0.2, 0.25) is 0 Å². The standard InChI is InChI=1S/C27H30O10/c1-7-12(2)23(29)36-24-25(4,30)13(3)18-14-8-16-20(35-11-34-16)21-17(14)26(10-33-21)22(32-6)19(31-5)15(28)9-27(24,26)37-18/h7-8,13,18,24,30H,9-11H2,1-6H3/b12-7-/t13-,18+,24-,25-,26-,27-/m0/s1. The first-order valence-electron chi connectivity index (χ1n) is 12.3. The molecule has 0 saturated carbocycles. The average molecular weight is 515 g/mol. The second-order valence-corrected chi connectivity index (χ2v) is 10.5. The molecule has 2 bridgehead atoms. The van der Waals surface area contributed by atoms with Crippen LogP contribution in [-0.2, 0) is 34.0 Å². The maximum absolute atomic E-state index is 13.6. The van der Waals surface area contributed by atoms with Crippen LogP contribution < -0.4 is 14.2 Å². The fraction of sp³-hybridized carbons (Fsp3) is 0.556. The summed E-state index contributed by atoms with van der Waals surface area (Å²) >= 11 is 0. The summed E-state index contributed by atoms with van der Waals surface area (Å²) in [6, 6.07) is 1.84. The van der Waals surface area contributed by atoms with Crippen molar-refractivity contribution in [2.45, 2.75) is 62.9 Å². The second kappa shape index (κ2) is 7.64. The van der Waals surface area contributed by atoms with Crippen molar-refractivity contribution in [1.82, 2.24) is 0 Å². The fourth-order valence-corrected chi connectivity index (χ4v) is 6.79. The van der Waals surface area contributed by atoms with E-state index in [1.54, 1.807) is 26.8 Å². The molecule has 1 fully saturated rings. The molecule has 2 spiro atoms. The third-order valence-corrected chi connectivity index (χ3v) is 8.86. The molecule has 0 aromatic heterocycles. The van der Waals surface area contributed by atoms with Gasteiger partial charge in [-0.15, -0.1) is 0 Å². The smallest absolute Gasteiger partial charge is 0.333 e. The zero-order valence-electron chi connectivity index (χ0n) is 21.6. The van der Waals surface area contributed by atoms with Gasteiger partial charge in [0.1, 0.15) is 23.2 Å². The molecule has 0 radical (unpaired) electrons. The van der Waals surface area contributed by atoms with Crippen LogP contribution in [0.25, 0.3) is 0 Å². The van der Waals surface area contributed by atoms with E-state index in [1.807, 2.05) is 13.0 Å². The summed E-state index contributed by atoms with van der Waals surface area (Å²) in [4.78, 5) is 26.7. The minimum Gasteiger partial charge on any atom is -0.496 e. The Morgan fingerprint density at radius 2 is 1.95 bits per heavy atom. The van der Waals surface area contributed by atoms with E-state index >= 15 is 0 Å². The monoisotopic (exact) mass is 514 g/mol. The molecule has 1 aliphatic carbocycles. The Morgan fingerprint density at radius 1 is 1.19 bits per heavy atom. The minimum absolute atomic E-state index is 0.0215. The molecule has 6 rings (SSSR count). The Labute approximate surface area is 214 Å². The molecule has 10 nitrogen and oxygen atoms in total. The van der Waals surface area contributed by atoms with E-state index in [4.69, 9.17) is 33.2 Å². The van der Waals surface area contributed by atoms with E-state index in [1.165, 1.54) is 14.2 Å². The van der Waals surface area contributed by atoms with Gasteiger partial charge in [-0.05, 0) is 32.4 Å². The number of esters is 1. The lowest BCUT2D eigenvalue weighted by Crippen LogP contribution is -2.77. The Bertz CT molecular complexity index is 1290. The lowest BCUT2D eigenvalue weighted by atomic mass is 9.51. The zero-order valence-corrected chi connectivity index (χ0v) is 21.6. The van der Waals surface area contributed by atoms with Crippen molar-refractivity contribution in [3.63, 3.8) is 0 Å². The number of rotatable bonds is 4. The number of carbonyl (C=O) groups excluding carboxylic acids is 2. The van der Waals surface area contributed by atoms with Crippen molar-refractivity contribution in [2.24, 2.45) is 5.92 Å². The minimum atomic E-state index is -1.60. The van der Waals surface area contributed by atoms with Gasteiger partial charge in [0.2, 0.25) is 24.1 Å². The van der Waals surface area contributed by atoms with Crippen molar-refractivity contribution in [3.05, 3.63) is 40.4 Å². The third-order valence-electron chi connectivity index (χ3n) is 8.86. The van der Waals surface area contributed by atoms with Gasteiger partial charge in [0.15, 0.2) is 23.4 Å². The van der Waals surface area contributed by atoms with Gasteiger partial charge >= 0.3 is 5.97 Å². The number of ketones is 1. The number of allylic oxidation sites excluding steroid dienone is 2. The first-order chi connectivity index (χ1) is 17.6. The molecule has 4 heterocycles. The number of hydrogen-bond acceptors (Lipinski definition) is 10. The van der Waals surface area contributed by atoms with Crippen LogP contribution in [0.15, 0.2) is 29.2 Å². The summed E-state index contributed by atoms with van der Waals surface area (Å²) in [7, 11) is 2.84. The highest BCUT2D eigenvalue weighted by molar-refractivity contribution is 5.98. The average Bonchev–Trinajstić information content (AvgIpc) is 3.51. The van der Waals surface area contributed by atoms with Gasteiger partial charge in [-0.2, -0.15) is 0 Å². The fourth-order valence-electron chi connectivity index (χ4n) is 6.79. The van der Waals surface area contributed by atoms with Gasteiger partial charge in [-0.1, -0.05) is 13.0 Å². The number of carbonyl (C=O) groups is 2. The molecule has 0 unspecified atom stereocenters. The molecule has 4 aliphatic heterocycles. The van der Waals surface area contributed by atoms with Gasteiger partial charge in [0, 0.05) is 23.5 Å². The molecule has 1 N–H and O–H groups in total. The molecule has 0 amide bonds. The highest BCUT2D eigenvalue weighted by atomic mass is 16.7. The molecule has 1 aromatic rings. The molecule has 5 aliphatic rings. The summed E-state index contributed by atoms with van der Waals surface area (Å²) in [5.74, 6) is 0.0958. The lowest BCUT2D eigenvalue weighted by Gasteiger charge is -2.64. The number of methoxy groups -OCH3 is 2. The second-order valence-electron chi connectivity index (χ2n) is 10.5. The van der Waals surface area contributed by atoms with Gasteiger partial charge < -0.3 is 38.3 Å². The van der Waals surface area contributed by atoms with E-state index in [9.17, 15) is 14.7 Å². The van der Waals surface area contributed by atoms with Crippen LogP contribution in [0, 0.1) is 5.92 Å². The summed E-state index contributed by atoms with van der Waals surface area (Å²) in [5, 5.41) is 12.1. The van der Waals surface area contributed by atoms with Crippen LogP contribution in [0.1, 0.15) is 51.3 Å². The Hall–Kier alpha value is -3.24. The Kier molecular flexibility index (Phi) is 4.98. The first kappa shape index (κ1) is 24.1. The number of aliphatic hydroxyl groups is 1. The van der Waals surface area contributed by atoms with Gasteiger partial charge in [-0.3, -0.25) is 4.79 Å². The summed E-state index contributed by atoms with van der Waals surface area (Å²) < 4.78 is 42.2. The predicted molar refractivity (Wildman–Crippen MR) is 126 cm³/mol. The van der Waals surface area contributed by atoms with Crippen LogP contribution in [-0.4, -0.2) is 61.8 Å². The van der Waals surface area contributed by atoms with E-state index in [2.05, 4.69) is 0 Å². The Balaban J connectivity index is 1.71. The molecule has 37 heavy (non-hydrogen) atoms. The molecule has 10 heteroatoms. The van der Waals surface area contributed by atoms with Crippen LogP contribution in [0.4, 0.5) is 0 Å². The number of hydrogen-bond donors (Lipinski definition) is 1. The molecule has 198 valence electrons. The van der Waals surface area contributed by atoms with Crippen molar-refractivity contribution in [1.29, 1.82) is 0 Å². The Morgan fingerprint density at radius 3 is 2.62 bits per heavy atom. The SMILES string of the molecule is C/C=C(/C)C(=O)O[C@H]1[C@@](C)(O)[C@@H](C)[C@H]2O[C@@]13CC(=O)C(OC)=C(OC)[C@@]31COc3c4c(cc2c31)OCO4. The molecular weight excluding hydrogens is 484 g/mol. The van der Waals surface area contributed by atoms with Gasteiger partial charge in [0.05, 0.1) is 20.3 Å². The summed E-state index contributed by atoms with van der Waals surface area (Å²) in [6.45, 7) is 6.81. The maximum atomic E-state index is 13.6. The number of ether oxygens (including phenoxy) is 7. The normalized spacial score (nSPS) is 37.0. The van der Waals surface area contributed by atoms with Crippen molar-refractivity contribution in [2.75, 3.05) is 27.6 Å². The van der Waals surface area contributed by atoms with E-state index < -0.39 is 46.5 Å². The van der Waals surface area contributed by atoms with Gasteiger partial charge in [-0.25, -0.2) is 4.79 Å². The van der Waals surface area contributed by atoms with Crippen molar-refractivity contribution < 1.29 is 47.9 Å². The number of Topliss-reactive ketones (excluding diaryl/α,β-unsaturated/α-hetero) is 1. The van der Waals surface area contributed by atoms with E-state index in [0.717, 1.165) is 5.56 Å². The molecule has 1 aromatic carbocycles. The molecular formula is C27H30O10. The summed E-state index contributed by atoms with van der Waals surface area (Å²) in [6.07, 6.45) is -0.523. The van der Waals surface area contributed by atoms with Crippen LogP contribution in [0.3, 0.4) is 0 Å². The molecule has 6 atom stereocenters. The molecule has 1 saturated heterocycles. The van der Waals surface area contributed by atoms with Crippen LogP contribution >= 0.6 is 0 Å². The quantitative estimate of drug-likeness (QED) is 0.474. The van der Waals surface area contributed by atoms with E-state index in [0.29, 0.717) is 28.4 Å². The first-order valence-corrected chi connectivity index (χ1v) is 12.3. The zero-order chi connectivity index (χ0) is 26.5. The lowest BCUT2D eigenvalue weighted by molar-refractivity contribution is -0.319. The number of fused-ring (bicyclic) bond motifs is 4.